The number of hydrogen-bond donors (Lipinski definition) is 8. The molecule has 2 fully saturated rings. The average molecular weight is 740 g/mol. The SMILES string of the molecule is CCC1C(=O)O[C@H](C)C/C=C/C=C/C=C/C=C\C(OC2O[C@H](C)[C@@H](O)[C@H](N)[C@@H]2O)C[C@@H]2O[C@](O)(CC(O)CCCC(=O)CC1O)C[C@H](O)[C@H]2C(=O)O. The first-order valence-electron chi connectivity index (χ1n) is 18.0. The number of allylic oxidation sites excluding steroid dienone is 6. The number of carbonyl (C=O) groups excluding carboxylic acids is 2. The molecule has 0 radical (unpaired) electrons. The molecule has 294 valence electrons. The molecule has 3 aliphatic rings. The Bertz CT molecular complexity index is 1290. The van der Waals surface area contributed by atoms with Crippen molar-refractivity contribution < 1.29 is 69.1 Å². The second-order valence-electron chi connectivity index (χ2n) is 14.1. The number of aliphatic carboxylic acids is 1. The van der Waals surface area contributed by atoms with Crippen LogP contribution < -0.4 is 5.73 Å². The lowest BCUT2D eigenvalue weighted by atomic mass is 9.83. The monoisotopic (exact) mass is 739 g/mol. The maximum absolute atomic E-state index is 12.8. The minimum atomic E-state index is -2.15. The van der Waals surface area contributed by atoms with E-state index in [1.54, 1.807) is 69.4 Å². The van der Waals surface area contributed by atoms with Crippen molar-refractivity contribution in [3.63, 3.8) is 0 Å². The molecule has 3 heterocycles. The lowest BCUT2D eigenvalue weighted by molar-refractivity contribution is -0.308. The van der Waals surface area contributed by atoms with E-state index < -0.39 is 110 Å². The molecule has 15 nitrogen and oxygen atoms in total. The first kappa shape index (κ1) is 43.6. The van der Waals surface area contributed by atoms with E-state index >= 15 is 0 Å². The number of carbonyl (C=O) groups is 3. The van der Waals surface area contributed by atoms with E-state index in [2.05, 4.69) is 0 Å². The van der Waals surface area contributed by atoms with Crippen molar-refractivity contribution in [2.75, 3.05) is 0 Å². The molecule has 0 amide bonds. The number of aliphatic hydroxyl groups excluding tert-OH is 5. The third-order valence-corrected chi connectivity index (χ3v) is 9.66. The van der Waals surface area contributed by atoms with Gasteiger partial charge in [-0.05, 0) is 33.1 Å². The van der Waals surface area contributed by atoms with Crippen LogP contribution in [0.4, 0.5) is 0 Å². The molecule has 0 aromatic rings. The fourth-order valence-corrected chi connectivity index (χ4v) is 6.72. The molecule has 5 unspecified atom stereocenters. The summed E-state index contributed by atoms with van der Waals surface area (Å²) >= 11 is 0. The van der Waals surface area contributed by atoms with Gasteiger partial charge in [-0.3, -0.25) is 14.4 Å². The topological polar surface area (TPSA) is 256 Å². The van der Waals surface area contributed by atoms with Crippen LogP contribution >= 0.6 is 0 Å². The van der Waals surface area contributed by atoms with E-state index in [1.165, 1.54) is 0 Å². The fourth-order valence-electron chi connectivity index (χ4n) is 6.72. The zero-order valence-corrected chi connectivity index (χ0v) is 30.1. The molecule has 15 heteroatoms. The summed E-state index contributed by atoms with van der Waals surface area (Å²) < 4.78 is 23.1. The molecular formula is C37H57NO14. The van der Waals surface area contributed by atoms with Crippen molar-refractivity contribution >= 4 is 17.7 Å². The molecule has 9 N–H and O–H groups in total. The number of cyclic esters (lactones) is 1. The molecule has 0 aliphatic carbocycles. The number of carboxylic acids is 1. The molecule has 2 bridgehead atoms. The number of carboxylic acid groups (broad SMARTS) is 1. The van der Waals surface area contributed by atoms with Crippen LogP contribution in [0.15, 0.2) is 48.6 Å². The third kappa shape index (κ3) is 12.9. The number of ketones is 1. The number of esters is 1. The highest BCUT2D eigenvalue weighted by molar-refractivity contribution is 5.80. The highest BCUT2D eigenvalue weighted by atomic mass is 16.7. The highest BCUT2D eigenvalue weighted by Gasteiger charge is 2.50. The second-order valence-corrected chi connectivity index (χ2v) is 14.1. The molecule has 14 atom stereocenters. The summed E-state index contributed by atoms with van der Waals surface area (Å²) in [6.45, 7) is 5.00. The number of Topliss-reactive ketones (excluding diaryl/α,β-unsaturated/α-hetero) is 1. The van der Waals surface area contributed by atoms with Gasteiger partial charge in [0.15, 0.2) is 12.1 Å². The Morgan fingerprint density at radius 3 is 2.33 bits per heavy atom. The quantitative estimate of drug-likeness (QED) is 0.187. The molecule has 2 saturated heterocycles. The van der Waals surface area contributed by atoms with Crippen LogP contribution in [0.3, 0.4) is 0 Å². The van der Waals surface area contributed by atoms with Gasteiger partial charge in [0, 0.05) is 38.5 Å². The minimum Gasteiger partial charge on any atom is -0.481 e. The predicted molar refractivity (Wildman–Crippen MR) is 186 cm³/mol. The molecule has 52 heavy (non-hydrogen) atoms. The highest BCUT2D eigenvalue weighted by Crippen LogP contribution is 2.38. The molecule has 0 aromatic carbocycles. The number of nitrogens with two attached hydrogens (primary N) is 1. The Labute approximate surface area is 304 Å². The van der Waals surface area contributed by atoms with Gasteiger partial charge in [0.25, 0.3) is 0 Å². The van der Waals surface area contributed by atoms with Gasteiger partial charge in [-0.15, -0.1) is 0 Å². The standard InChI is InChI=1S/C37H57NO14/c1-4-26-27(41)17-23(39)14-12-15-24(40)19-37(48)20-28(42)30(34(45)46)29(52-37)18-25(51-36-33(44)31(38)32(43)22(3)50-36)16-11-9-7-5-6-8-10-13-21(2)49-35(26)47/h5-11,16,21-22,24-33,36,40-44,48H,4,12-15,17-20,38H2,1-3H3,(H,45,46)/b6-5+,9-7+,10-8+,16-11-/t21-,22-,24?,25?,26?,27?,28+,29+,30-,31+,32-,33+,36?,37-/m1/s1. The van der Waals surface area contributed by atoms with Gasteiger partial charge in [-0.1, -0.05) is 55.5 Å². The van der Waals surface area contributed by atoms with Crippen molar-refractivity contribution in [3.05, 3.63) is 48.6 Å². The van der Waals surface area contributed by atoms with Crippen molar-refractivity contribution in [1.82, 2.24) is 0 Å². The van der Waals surface area contributed by atoms with Gasteiger partial charge in [0.2, 0.25) is 0 Å². The lowest BCUT2D eigenvalue weighted by Gasteiger charge is -2.45. The van der Waals surface area contributed by atoms with Gasteiger partial charge in [0.05, 0.1) is 54.7 Å². The van der Waals surface area contributed by atoms with Crippen LogP contribution in [0.5, 0.6) is 0 Å². The van der Waals surface area contributed by atoms with Crippen LogP contribution in [0, 0.1) is 11.8 Å². The Hall–Kier alpha value is -2.83. The zero-order valence-electron chi connectivity index (χ0n) is 30.1. The molecule has 0 aromatic heterocycles. The van der Waals surface area contributed by atoms with E-state index in [0.717, 1.165) is 0 Å². The summed E-state index contributed by atoms with van der Waals surface area (Å²) in [5.74, 6) is -6.84. The van der Waals surface area contributed by atoms with E-state index in [-0.39, 0.29) is 44.3 Å². The Kier molecular flexibility index (Phi) is 17.2. The van der Waals surface area contributed by atoms with Gasteiger partial charge in [-0.2, -0.15) is 0 Å². The largest absolute Gasteiger partial charge is 0.481 e. The van der Waals surface area contributed by atoms with Crippen LogP contribution in [-0.2, 0) is 33.3 Å². The third-order valence-electron chi connectivity index (χ3n) is 9.66. The summed E-state index contributed by atoms with van der Waals surface area (Å²) in [7, 11) is 0. The van der Waals surface area contributed by atoms with E-state index in [1.807, 2.05) is 0 Å². The van der Waals surface area contributed by atoms with E-state index in [9.17, 15) is 50.1 Å². The number of aliphatic hydroxyl groups is 6. The lowest BCUT2D eigenvalue weighted by Crippen LogP contribution is -2.61. The molecule has 3 aliphatic heterocycles. The number of hydrogen-bond acceptors (Lipinski definition) is 14. The molecule has 0 spiro atoms. The van der Waals surface area contributed by atoms with Gasteiger partial charge in [0.1, 0.15) is 23.9 Å². The smallest absolute Gasteiger partial charge is 0.311 e. The number of ether oxygens (including phenoxy) is 4. The Morgan fingerprint density at radius 1 is 0.981 bits per heavy atom. The van der Waals surface area contributed by atoms with Crippen molar-refractivity contribution in [2.45, 2.75) is 152 Å². The minimum absolute atomic E-state index is 0.0197. The Balaban J connectivity index is 1.88. The van der Waals surface area contributed by atoms with Crippen molar-refractivity contribution in [2.24, 2.45) is 17.6 Å². The van der Waals surface area contributed by atoms with Crippen LogP contribution in [0.25, 0.3) is 0 Å². The zero-order chi connectivity index (χ0) is 38.6. The van der Waals surface area contributed by atoms with Crippen molar-refractivity contribution in [3.8, 4) is 0 Å². The second kappa shape index (κ2) is 20.6. The fraction of sp³-hybridized carbons (Fsp3) is 0.703. The van der Waals surface area contributed by atoms with E-state index in [4.69, 9.17) is 24.7 Å². The Morgan fingerprint density at radius 2 is 1.65 bits per heavy atom. The molecular weight excluding hydrogens is 682 g/mol. The first-order chi connectivity index (χ1) is 24.5. The van der Waals surface area contributed by atoms with E-state index in [0.29, 0.717) is 6.42 Å². The van der Waals surface area contributed by atoms with Crippen LogP contribution in [0.1, 0.15) is 78.6 Å². The summed E-state index contributed by atoms with van der Waals surface area (Å²) in [5.41, 5.74) is 5.98. The first-order valence-corrected chi connectivity index (χ1v) is 18.0. The number of rotatable bonds is 4. The average Bonchev–Trinajstić information content (AvgIpc) is 3.04. The summed E-state index contributed by atoms with van der Waals surface area (Å²) in [6.07, 6.45) is 1.33. The van der Waals surface area contributed by atoms with Crippen LogP contribution in [0.2, 0.25) is 0 Å². The van der Waals surface area contributed by atoms with Crippen LogP contribution in [-0.4, -0.2) is 127 Å². The van der Waals surface area contributed by atoms with Gasteiger partial charge in [-0.25, -0.2) is 0 Å². The molecule has 3 rings (SSSR count). The maximum Gasteiger partial charge on any atom is 0.311 e. The van der Waals surface area contributed by atoms with Crippen molar-refractivity contribution in [1.29, 1.82) is 0 Å². The number of fused-ring (bicyclic) bond motifs is 2. The molecule has 0 saturated carbocycles. The van der Waals surface area contributed by atoms with Gasteiger partial charge >= 0.3 is 11.9 Å². The van der Waals surface area contributed by atoms with Gasteiger partial charge < -0.3 is 60.4 Å². The predicted octanol–water partition coefficient (Wildman–Crippen LogP) is 0.923. The summed E-state index contributed by atoms with van der Waals surface area (Å²) in [5, 5.41) is 74.8. The summed E-state index contributed by atoms with van der Waals surface area (Å²) in [4.78, 5) is 37.8. The normalized spacial score (nSPS) is 43.5. The maximum atomic E-state index is 12.8. The summed E-state index contributed by atoms with van der Waals surface area (Å²) in [6, 6.07) is -1.10.